The van der Waals surface area contributed by atoms with Crippen molar-refractivity contribution in [3.63, 3.8) is 0 Å². The van der Waals surface area contributed by atoms with Crippen LogP contribution in [0.2, 0.25) is 5.02 Å². The Balaban J connectivity index is 2.12. The number of nitrogens with zero attached hydrogens (tertiary/aromatic N) is 1. The van der Waals surface area contributed by atoms with E-state index in [2.05, 4.69) is 5.92 Å². The Morgan fingerprint density at radius 1 is 1.44 bits per heavy atom. The summed E-state index contributed by atoms with van der Waals surface area (Å²) in [6.07, 6.45) is 7.25. The zero-order valence-corrected chi connectivity index (χ0v) is 10.7. The standard InChI is InChI=1S/C14H14ClNO2/c1-2-9-18-13-6-5-11(10-12(13)15)14(17)16-7-3-4-8-16/h1,5-6,10H,3-4,7-9H2. The van der Waals surface area contributed by atoms with Gasteiger partial charge in [-0.05, 0) is 31.0 Å². The summed E-state index contributed by atoms with van der Waals surface area (Å²) in [4.78, 5) is 14.0. The number of likely N-dealkylation sites (tertiary alicyclic amines) is 1. The number of hydrogen-bond acceptors (Lipinski definition) is 2. The molecular weight excluding hydrogens is 250 g/mol. The van der Waals surface area contributed by atoms with Crippen molar-refractivity contribution in [3.8, 4) is 18.1 Å². The number of carbonyl (C=O) groups excluding carboxylic acids is 1. The largest absolute Gasteiger partial charge is 0.479 e. The highest BCUT2D eigenvalue weighted by Crippen LogP contribution is 2.26. The minimum atomic E-state index is 0.0258. The van der Waals surface area contributed by atoms with E-state index in [1.165, 1.54) is 0 Å². The number of benzene rings is 1. The lowest BCUT2D eigenvalue weighted by molar-refractivity contribution is 0.0793. The van der Waals surface area contributed by atoms with Gasteiger partial charge in [0.25, 0.3) is 5.91 Å². The van der Waals surface area contributed by atoms with Crippen LogP contribution in [-0.2, 0) is 0 Å². The predicted molar refractivity (Wildman–Crippen MR) is 70.9 cm³/mol. The third-order valence-corrected chi connectivity index (χ3v) is 3.18. The van der Waals surface area contributed by atoms with Crippen molar-refractivity contribution in [1.82, 2.24) is 4.90 Å². The van der Waals surface area contributed by atoms with E-state index in [9.17, 15) is 4.79 Å². The van der Waals surface area contributed by atoms with E-state index in [0.717, 1.165) is 25.9 Å². The highest BCUT2D eigenvalue weighted by atomic mass is 35.5. The van der Waals surface area contributed by atoms with Crippen molar-refractivity contribution in [2.45, 2.75) is 12.8 Å². The maximum atomic E-state index is 12.1. The first kappa shape index (κ1) is 12.8. The summed E-state index contributed by atoms with van der Waals surface area (Å²) in [5.74, 6) is 2.90. The van der Waals surface area contributed by atoms with Gasteiger partial charge in [0.15, 0.2) is 0 Å². The Bertz CT molecular complexity index is 487. The minimum absolute atomic E-state index is 0.0258. The summed E-state index contributed by atoms with van der Waals surface area (Å²) < 4.78 is 5.25. The second kappa shape index (κ2) is 5.79. The van der Waals surface area contributed by atoms with Crippen LogP contribution in [0.25, 0.3) is 0 Å². The van der Waals surface area contributed by atoms with Gasteiger partial charge in [-0.3, -0.25) is 4.79 Å². The third-order valence-electron chi connectivity index (χ3n) is 2.88. The topological polar surface area (TPSA) is 29.5 Å². The van der Waals surface area contributed by atoms with Gasteiger partial charge in [0.1, 0.15) is 12.4 Å². The molecule has 0 saturated carbocycles. The molecule has 1 aromatic carbocycles. The summed E-state index contributed by atoms with van der Waals surface area (Å²) in [6.45, 7) is 1.82. The first-order chi connectivity index (χ1) is 8.72. The number of hydrogen-bond donors (Lipinski definition) is 0. The number of rotatable bonds is 3. The molecule has 0 N–H and O–H groups in total. The van der Waals surface area contributed by atoms with Crippen molar-refractivity contribution in [2.24, 2.45) is 0 Å². The Hall–Kier alpha value is -1.66. The molecule has 94 valence electrons. The molecule has 0 spiro atoms. The Kier molecular flexibility index (Phi) is 4.11. The van der Waals surface area contributed by atoms with E-state index >= 15 is 0 Å². The quantitative estimate of drug-likeness (QED) is 0.785. The summed E-state index contributed by atoms with van der Waals surface area (Å²) >= 11 is 6.05. The zero-order valence-electron chi connectivity index (χ0n) is 9.99. The van der Waals surface area contributed by atoms with Gasteiger partial charge in [0.05, 0.1) is 5.02 Å². The lowest BCUT2D eigenvalue weighted by Gasteiger charge is -2.15. The summed E-state index contributed by atoms with van der Waals surface area (Å²) in [7, 11) is 0. The van der Waals surface area contributed by atoms with E-state index in [4.69, 9.17) is 22.8 Å². The molecular formula is C14H14ClNO2. The first-order valence-corrected chi connectivity index (χ1v) is 6.25. The average molecular weight is 264 g/mol. The minimum Gasteiger partial charge on any atom is -0.479 e. The molecule has 1 aliphatic rings. The molecule has 1 amide bonds. The number of carbonyl (C=O) groups is 1. The van der Waals surface area contributed by atoms with Crippen molar-refractivity contribution < 1.29 is 9.53 Å². The molecule has 1 saturated heterocycles. The van der Waals surface area contributed by atoms with Crippen molar-refractivity contribution >= 4 is 17.5 Å². The van der Waals surface area contributed by atoms with Gasteiger partial charge >= 0.3 is 0 Å². The number of terminal acetylenes is 1. The van der Waals surface area contributed by atoms with Crippen LogP contribution in [0.15, 0.2) is 18.2 Å². The average Bonchev–Trinajstić information content (AvgIpc) is 2.90. The maximum absolute atomic E-state index is 12.1. The molecule has 3 nitrogen and oxygen atoms in total. The van der Waals surface area contributed by atoms with Gasteiger partial charge in [-0.15, -0.1) is 6.42 Å². The number of amides is 1. The Labute approximate surface area is 112 Å². The molecule has 0 radical (unpaired) electrons. The van der Waals surface area contributed by atoms with Crippen molar-refractivity contribution in [2.75, 3.05) is 19.7 Å². The fraction of sp³-hybridized carbons (Fsp3) is 0.357. The van der Waals surface area contributed by atoms with E-state index in [1.54, 1.807) is 18.2 Å². The van der Waals surface area contributed by atoms with Crippen LogP contribution in [0.1, 0.15) is 23.2 Å². The van der Waals surface area contributed by atoms with Crippen LogP contribution in [0.5, 0.6) is 5.75 Å². The van der Waals surface area contributed by atoms with E-state index in [1.807, 2.05) is 4.90 Å². The van der Waals surface area contributed by atoms with Gasteiger partial charge in [0, 0.05) is 18.7 Å². The molecule has 1 fully saturated rings. The normalized spacial score (nSPS) is 14.3. The van der Waals surface area contributed by atoms with E-state index in [0.29, 0.717) is 16.3 Å². The number of ether oxygens (including phenoxy) is 1. The van der Waals surface area contributed by atoms with E-state index < -0.39 is 0 Å². The van der Waals surface area contributed by atoms with Crippen LogP contribution in [0.3, 0.4) is 0 Å². The first-order valence-electron chi connectivity index (χ1n) is 5.87. The van der Waals surface area contributed by atoms with Gasteiger partial charge in [-0.25, -0.2) is 0 Å². The molecule has 0 aromatic heterocycles. The molecule has 0 aliphatic carbocycles. The molecule has 1 aliphatic heterocycles. The molecule has 0 bridgehead atoms. The molecule has 2 rings (SSSR count). The fourth-order valence-corrected chi connectivity index (χ4v) is 2.21. The lowest BCUT2D eigenvalue weighted by Crippen LogP contribution is -2.27. The van der Waals surface area contributed by atoms with Gasteiger partial charge < -0.3 is 9.64 Å². The molecule has 1 aromatic rings. The van der Waals surface area contributed by atoms with Gasteiger partial charge in [-0.1, -0.05) is 17.5 Å². The Morgan fingerprint density at radius 2 is 2.17 bits per heavy atom. The SMILES string of the molecule is C#CCOc1ccc(C(=O)N2CCCC2)cc1Cl. The van der Waals surface area contributed by atoms with Crippen LogP contribution in [0, 0.1) is 12.3 Å². The van der Waals surface area contributed by atoms with Crippen LogP contribution >= 0.6 is 11.6 Å². The summed E-state index contributed by atoms with van der Waals surface area (Å²) in [5.41, 5.74) is 0.593. The molecule has 1 heterocycles. The lowest BCUT2D eigenvalue weighted by atomic mass is 10.2. The molecule has 18 heavy (non-hydrogen) atoms. The van der Waals surface area contributed by atoms with Crippen LogP contribution in [0.4, 0.5) is 0 Å². The smallest absolute Gasteiger partial charge is 0.253 e. The van der Waals surface area contributed by atoms with Crippen LogP contribution < -0.4 is 4.74 Å². The van der Waals surface area contributed by atoms with Gasteiger partial charge in [0.2, 0.25) is 0 Å². The predicted octanol–water partition coefficient (Wildman–Crippen LogP) is 2.59. The fourth-order valence-electron chi connectivity index (χ4n) is 1.97. The highest BCUT2D eigenvalue weighted by molar-refractivity contribution is 6.32. The highest BCUT2D eigenvalue weighted by Gasteiger charge is 2.20. The monoisotopic (exact) mass is 263 g/mol. The summed E-state index contributed by atoms with van der Waals surface area (Å²) in [5, 5.41) is 0.412. The van der Waals surface area contributed by atoms with Crippen LogP contribution in [-0.4, -0.2) is 30.5 Å². The maximum Gasteiger partial charge on any atom is 0.253 e. The van der Waals surface area contributed by atoms with Crippen molar-refractivity contribution in [3.05, 3.63) is 28.8 Å². The second-order valence-electron chi connectivity index (χ2n) is 4.14. The van der Waals surface area contributed by atoms with Gasteiger partial charge in [-0.2, -0.15) is 0 Å². The molecule has 0 unspecified atom stereocenters. The Morgan fingerprint density at radius 3 is 2.78 bits per heavy atom. The zero-order chi connectivity index (χ0) is 13.0. The second-order valence-corrected chi connectivity index (χ2v) is 4.54. The van der Waals surface area contributed by atoms with E-state index in [-0.39, 0.29) is 12.5 Å². The molecule has 0 atom stereocenters. The molecule has 4 heteroatoms. The third kappa shape index (κ3) is 2.77. The number of halogens is 1. The summed E-state index contributed by atoms with van der Waals surface area (Å²) in [6, 6.07) is 5.04. The van der Waals surface area contributed by atoms with Crippen molar-refractivity contribution in [1.29, 1.82) is 0 Å².